The van der Waals surface area contributed by atoms with E-state index in [1.165, 1.54) is 11.3 Å². The molecule has 84 valence electrons. The van der Waals surface area contributed by atoms with Crippen LogP contribution in [0.4, 0.5) is 0 Å². The van der Waals surface area contributed by atoms with Gasteiger partial charge in [-0.1, -0.05) is 13.8 Å². The quantitative estimate of drug-likeness (QED) is 0.620. The van der Waals surface area contributed by atoms with Gasteiger partial charge in [0.15, 0.2) is 5.69 Å². The number of ether oxygens (including phenoxy) is 1. The molecule has 1 aromatic heterocycles. The molecule has 0 aliphatic carbocycles. The molecule has 4 nitrogen and oxygen atoms in total. The van der Waals surface area contributed by atoms with Crippen LogP contribution in [0.15, 0.2) is 10.9 Å². The minimum absolute atomic E-state index is 0.253. The molecule has 0 aliphatic heterocycles. The number of carbonyl (C=O) groups is 1. The number of rotatable bonds is 5. The van der Waals surface area contributed by atoms with Crippen LogP contribution in [0.25, 0.3) is 0 Å². The van der Waals surface area contributed by atoms with E-state index >= 15 is 0 Å². The normalized spacial score (nSPS) is 12.8. The van der Waals surface area contributed by atoms with E-state index in [0.717, 1.165) is 6.42 Å². The molecular weight excluding hydrogens is 214 g/mol. The van der Waals surface area contributed by atoms with Crippen molar-refractivity contribution < 1.29 is 14.6 Å². The van der Waals surface area contributed by atoms with Crippen LogP contribution in [0.1, 0.15) is 37.2 Å². The monoisotopic (exact) mass is 229 g/mol. The fourth-order valence-corrected chi connectivity index (χ4v) is 1.55. The van der Waals surface area contributed by atoms with E-state index in [-0.39, 0.29) is 5.69 Å². The summed E-state index contributed by atoms with van der Waals surface area (Å²) in [6, 6.07) is 0. The summed E-state index contributed by atoms with van der Waals surface area (Å²) in [5.74, 6) is -0.0786. The predicted molar refractivity (Wildman–Crippen MR) is 57.6 cm³/mol. The number of carbonyl (C=O) groups excluding carboxylic acids is 1. The molecule has 1 heterocycles. The van der Waals surface area contributed by atoms with Crippen LogP contribution in [0.2, 0.25) is 0 Å². The smallest absolute Gasteiger partial charge is 0.360 e. The molecule has 1 atom stereocenters. The maximum atomic E-state index is 11.3. The minimum Gasteiger partial charge on any atom is -0.431 e. The first kappa shape index (κ1) is 12.1. The van der Waals surface area contributed by atoms with E-state index in [9.17, 15) is 9.90 Å². The summed E-state index contributed by atoms with van der Waals surface area (Å²) in [7, 11) is 0. The van der Waals surface area contributed by atoms with Crippen molar-refractivity contribution in [3.8, 4) is 0 Å². The zero-order valence-corrected chi connectivity index (χ0v) is 9.66. The maximum Gasteiger partial charge on any atom is 0.360 e. The van der Waals surface area contributed by atoms with Gasteiger partial charge in [0.2, 0.25) is 6.29 Å². The number of aliphatic hydroxyl groups is 1. The summed E-state index contributed by atoms with van der Waals surface area (Å²) >= 11 is 1.32. The van der Waals surface area contributed by atoms with Crippen molar-refractivity contribution in [3.63, 3.8) is 0 Å². The Bertz CT molecular complexity index is 298. The van der Waals surface area contributed by atoms with Crippen molar-refractivity contribution >= 4 is 17.3 Å². The minimum atomic E-state index is -1.03. The van der Waals surface area contributed by atoms with Gasteiger partial charge < -0.3 is 9.84 Å². The summed E-state index contributed by atoms with van der Waals surface area (Å²) < 4.78 is 4.81. The summed E-state index contributed by atoms with van der Waals surface area (Å²) in [5.41, 5.74) is 1.81. The molecule has 0 bridgehead atoms. The third kappa shape index (κ3) is 4.40. The molecular formula is C10H15NO3S. The Balaban J connectivity index is 2.32. The second-order valence-electron chi connectivity index (χ2n) is 3.70. The van der Waals surface area contributed by atoms with Gasteiger partial charge in [-0.2, -0.15) is 0 Å². The topological polar surface area (TPSA) is 59.4 Å². The standard InChI is InChI=1S/C10H15NO3S/c1-7(2)3-4-9(12)14-10(13)8-5-15-6-11-8/h5-7,9,12H,3-4H2,1-2H3. The highest BCUT2D eigenvalue weighted by atomic mass is 32.1. The lowest BCUT2D eigenvalue weighted by atomic mass is 10.1. The fraction of sp³-hybridized carbons (Fsp3) is 0.600. The van der Waals surface area contributed by atoms with E-state index in [2.05, 4.69) is 18.8 Å². The first-order valence-corrected chi connectivity index (χ1v) is 5.81. The van der Waals surface area contributed by atoms with Crippen molar-refractivity contribution in [2.45, 2.75) is 33.0 Å². The Morgan fingerprint density at radius 3 is 2.87 bits per heavy atom. The van der Waals surface area contributed by atoms with Crippen LogP contribution in [-0.2, 0) is 4.74 Å². The Labute approximate surface area is 92.9 Å². The molecule has 0 aromatic carbocycles. The Hall–Kier alpha value is -0.940. The highest BCUT2D eigenvalue weighted by molar-refractivity contribution is 7.07. The lowest BCUT2D eigenvalue weighted by Gasteiger charge is -2.12. The first-order valence-electron chi connectivity index (χ1n) is 4.87. The van der Waals surface area contributed by atoms with Crippen LogP contribution in [0.5, 0.6) is 0 Å². The zero-order valence-electron chi connectivity index (χ0n) is 8.84. The first-order chi connectivity index (χ1) is 7.09. The fourth-order valence-electron chi connectivity index (χ4n) is 1.03. The van der Waals surface area contributed by atoms with Crippen LogP contribution >= 0.6 is 11.3 Å². The molecule has 0 saturated carbocycles. The van der Waals surface area contributed by atoms with Gasteiger partial charge in [0.25, 0.3) is 0 Å². The average Bonchev–Trinajstić information content (AvgIpc) is 2.67. The largest absolute Gasteiger partial charge is 0.431 e. The molecule has 0 saturated heterocycles. The SMILES string of the molecule is CC(C)CCC(O)OC(=O)c1cscn1. The van der Waals surface area contributed by atoms with Gasteiger partial charge in [0, 0.05) is 11.8 Å². The van der Waals surface area contributed by atoms with Gasteiger partial charge in [-0.05, 0) is 12.3 Å². The van der Waals surface area contributed by atoms with Gasteiger partial charge in [0.05, 0.1) is 5.51 Å². The Morgan fingerprint density at radius 1 is 1.60 bits per heavy atom. The molecule has 0 amide bonds. The summed E-state index contributed by atoms with van der Waals surface area (Å²) in [6.45, 7) is 4.10. The molecule has 1 N–H and O–H groups in total. The van der Waals surface area contributed by atoms with Crippen molar-refractivity contribution in [1.82, 2.24) is 4.98 Å². The van der Waals surface area contributed by atoms with Gasteiger partial charge in [-0.15, -0.1) is 11.3 Å². The van der Waals surface area contributed by atoms with Crippen molar-refractivity contribution in [3.05, 3.63) is 16.6 Å². The Morgan fingerprint density at radius 2 is 2.33 bits per heavy atom. The van der Waals surface area contributed by atoms with E-state index in [1.54, 1.807) is 10.9 Å². The van der Waals surface area contributed by atoms with Gasteiger partial charge >= 0.3 is 5.97 Å². The van der Waals surface area contributed by atoms with E-state index in [4.69, 9.17) is 4.74 Å². The van der Waals surface area contributed by atoms with E-state index < -0.39 is 12.3 Å². The second kappa shape index (κ2) is 5.82. The predicted octanol–water partition coefficient (Wildman–Crippen LogP) is 2.05. The molecule has 0 fully saturated rings. The number of nitrogens with zero attached hydrogens (tertiary/aromatic N) is 1. The van der Waals surface area contributed by atoms with Crippen LogP contribution in [-0.4, -0.2) is 22.3 Å². The highest BCUT2D eigenvalue weighted by Crippen LogP contribution is 2.10. The molecule has 1 rings (SSSR count). The van der Waals surface area contributed by atoms with Crippen LogP contribution < -0.4 is 0 Å². The Kier molecular flexibility index (Phi) is 4.71. The van der Waals surface area contributed by atoms with Crippen molar-refractivity contribution in [1.29, 1.82) is 0 Å². The summed E-state index contributed by atoms with van der Waals surface area (Å²) in [6.07, 6.45) is 0.264. The number of hydrogen-bond acceptors (Lipinski definition) is 5. The lowest BCUT2D eigenvalue weighted by molar-refractivity contribution is -0.0709. The lowest BCUT2D eigenvalue weighted by Crippen LogP contribution is -2.18. The van der Waals surface area contributed by atoms with Gasteiger partial charge in [0.1, 0.15) is 0 Å². The number of hydrogen-bond donors (Lipinski definition) is 1. The molecule has 1 aromatic rings. The molecule has 15 heavy (non-hydrogen) atoms. The average molecular weight is 229 g/mol. The van der Waals surface area contributed by atoms with Gasteiger partial charge in [-0.25, -0.2) is 9.78 Å². The van der Waals surface area contributed by atoms with Crippen LogP contribution in [0, 0.1) is 5.92 Å². The molecule has 0 spiro atoms. The zero-order chi connectivity index (χ0) is 11.3. The van der Waals surface area contributed by atoms with E-state index in [1.807, 2.05) is 0 Å². The molecule has 0 aliphatic rings. The van der Waals surface area contributed by atoms with Crippen molar-refractivity contribution in [2.75, 3.05) is 0 Å². The summed E-state index contributed by atoms with van der Waals surface area (Å²) in [4.78, 5) is 15.1. The number of esters is 1. The maximum absolute atomic E-state index is 11.3. The number of aromatic nitrogens is 1. The molecule has 1 unspecified atom stereocenters. The second-order valence-corrected chi connectivity index (χ2v) is 4.42. The third-order valence-electron chi connectivity index (χ3n) is 1.88. The molecule has 0 radical (unpaired) electrons. The molecule has 5 heteroatoms. The van der Waals surface area contributed by atoms with Gasteiger partial charge in [-0.3, -0.25) is 0 Å². The summed E-state index contributed by atoms with van der Waals surface area (Å²) in [5, 5.41) is 11.0. The van der Waals surface area contributed by atoms with Crippen molar-refractivity contribution in [2.24, 2.45) is 5.92 Å². The van der Waals surface area contributed by atoms with E-state index in [0.29, 0.717) is 12.3 Å². The number of thiazole rings is 1. The van der Waals surface area contributed by atoms with Crippen LogP contribution in [0.3, 0.4) is 0 Å². The number of aliphatic hydroxyl groups excluding tert-OH is 1. The third-order valence-corrected chi connectivity index (χ3v) is 2.46. The highest BCUT2D eigenvalue weighted by Gasteiger charge is 2.14.